The highest BCUT2D eigenvalue weighted by atomic mass is 32.2. The zero-order chi connectivity index (χ0) is 48.8. The number of carboxylic acids is 1. The highest BCUT2D eigenvalue weighted by molar-refractivity contribution is 8.03. The van der Waals surface area contributed by atoms with Crippen molar-refractivity contribution in [2.75, 3.05) is 33.7 Å². The predicted molar refractivity (Wildman–Crippen MR) is 233 cm³/mol. The van der Waals surface area contributed by atoms with Crippen molar-refractivity contribution in [3.63, 3.8) is 0 Å². The number of methoxy groups -OCH3 is 1. The first-order valence-corrected chi connectivity index (χ1v) is 22.1. The summed E-state index contributed by atoms with van der Waals surface area (Å²) in [6.45, 7) is -0.750. The van der Waals surface area contributed by atoms with Crippen LogP contribution in [0.1, 0.15) is 63.2 Å². The number of nitrogens with two attached hydrogens (primary N) is 2. The number of fused-ring (bicyclic) bond motifs is 5. The van der Waals surface area contributed by atoms with E-state index < -0.39 is 131 Å². The average Bonchev–Trinajstić information content (AvgIpc) is 3.78. The lowest BCUT2D eigenvalue weighted by Gasteiger charge is -2.62. The SMILES string of the molecule is COc1cccc2c1C(=N)c1c(O)c3c(c(O)c1C2=O)CC(O)(C(=O)CO)CC3OC1COC(C)C2OCN(C(=O)OCC3=CS[C@@]4(N)N(C(=O)[C@@]4(N)NC(=O)Cc4ccccc4)C3C(=O)O)C12. The third kappa shape index (κ3) is 7.02. The lowest BCUT2D eigenvalue weighted by molar-refractivity contribution is -0.179. The van der Waals surface area contributed by atoms with Gasteiger partial charge in [0, 0.05) is 35.1 Å². The Balaban J connectivity index is 0.979. The summed E-state index contributed by atoms with van der Waals surface area (Å²) in [4.78, 5) is 80.6. The van der Waals surface area contributed by atoms with E-state index in [2.05, 4.69) is 5.32 Å². The van der Waals surface area contributed by atoms with E-state index in [-0.39, 0.29) is 64.6 Å². The Morgan fingerprint density at radius 1 is 1.01 bits per heavy atom. The maximum absolute atomic E-state index is 14.1. The Bertz CT molecular complexity index is 2740. The van der Waals surface area contributed by atoms with Gasteiger partial charge in [0.05, 0.1) is 60.8 Å². The molecule has 4 aliphatic heterocycles. The standard InChI is InChI=1S/C45H46N6O16S/c1-19-39-35(50(18-66-39)42(61)65-15-21-17-68-45(48)44(47,41(60)51(45)34(21)40(58)59)49-28(54)11-20-7-4-3-5-8-20)26(16-64-19)67-25-13-43(62,27(53)14-52)12-23-30(25)38(57)31-32(37(23)56)36(55)22-9-6-10-24(63-2)29(22)33(31)46/h3-10,17,19,25-26,34-35,39,46,52,56-57,62H,11-16,18,47-48H2,1-2H3,(H,49,54)(H,58,59)/t19?,25?,26?,34?,35?,39?,43?,44-,45+/m1/s1. The summed E-state index contributed by atoms with van der Waals surface area (Å²) < 4.78 is 29.6. The number of aliphatic hydroxyl groups is 2. The molecule has 68 heavy (non-hydrogen) atoms. The second kappa shape index (κ2) is 17.0. The molecule has 9 atom stereocenters. The summed E-state index contributed by atoms with van der Waals surface area (Å²) in [5.74, 6) is -6.25. The van der Waals surface area contributed by atoms with Crippen LogP contribution in [0.3, 0.4) is 0 Å². The van der Waals surface area contributed by atoms with Gasteiger partial charge < -0.3 is 54.5 Å². The number of hydrogen-bond donors (Lipinski definition) is 9. The summed E-state index contributed by atoms with van der Waals surface area (Å²) in [6.07, 6.45) is -6.70. The molecule has 0 aromatic heterocycles. The fraction of sp³-hybridized carbons (Fsp3) is 0.400. The van der Waals surface area contributed by atoms with Gasteiger partial charge in [-0.2, -0.15) is 0 Å². The van der Waals surface area contributed by atoms with Gasteiger partial charge >= 0.3 is 12.1 Å². The van der Waals surface area contributed by atoms with Gasteiger partial charge in [-0.05, 0) is 24.0 Å². The number of hydrogen-bond acceptors (Lipinski definition) is 19. The molecule has 0 spiro atoms. The first-order valence-electron chi connectivity index (χ1n) is 21.3. The number of benzene rings is 3. The maximum Gasteiger partial charge on any atom is 0.412 e. The van der Waals surface area contributed by atoms with Gasteiger partial charge in [-0.1, -0.05) is 54.2 Å². The highest BCUT2D eigenvalue weighted by Crippen LogP contribution is 2.53. The number of thioether (sulfide) groups is 1. The molecule has 0 saturated carbocycles. The topological polar surface area (TPSA) is 344 Å². The normalized spacial score (nSPS) is 30.1. The molecule has 9 rings (SSSR count). The Morgan fingerprint density at radius 3 is 2.44 bits per heavy atom. The number of β-lactam (4-membered cyclic amide) rings is 1. The lowest BCUT2D eigenvalue weighted by atomic mass is 9.71. The summed E-state index contributed by atoms with van der Waals surface area (Å²) >= 11 is 0.748. The Hall–Kier alpha value is -6.44. The van der Waals surface area contributed by atoms with Crippen LogP contribution < -0.4 is 21.5 Å². The van der Waals surface area contributed by atoms with E-state index in [1.54, 1.807) is 37.3 Å². The molecule has 2 aliphatic carbocycles. The van der Waals surface area contributed by atoms with Gasteiger partial charge in [-0.15, -0.1) is 0 Å². The number of amides is 3. The number of phenolic OH excluding ortho intramolecular Hbond substituents is 2. The zero-order valence-corrected chi connectivity index (χ0v) is 37.1. The van der Waals surface area contributed by atoms with Crippen LogP contribution in [0.25, 0.3) is 0 Å². The third-order valence-corrected chi connectivity index (χ3v) is 14.7. The van der Waals surface area contributed by atoms with E-state index in [0.29, 0.717) is 5.56 Å². The maximum atomic E-state index is 14.1. The third-order valence-electron chi connectivity index (χ3n) is 13.4. The molecule has 3 saturated heterocycles. The number of carboxylic acid groups (broad SMARTS) is 1. The quantitative estimate of drug-likeness (QED) is 0.0537. The molecule has 4 heterocycles. The molecule has 3 fully saturated rings. The Morgan fingerprint density at radius 2 is 1.75 bits per heavy atom. The number of aromatic hydroxyl groups is 2. The number of rotatable bonds is 11. The minimum absolute atomic E-state index is 0.00851. The van der Waals surface area contributed by atoms with E-state index in [0.717, 1.165) is 21.6 Å². The summed E-state index contributed by atoms with van der Waals surface area (Å²) in [5.41, 5.74) is 7.32. The number of carbonyl (C=O) groups excluding carboxylic acids is 5. The Kier molecular flexibility index (Phi) is 11.6. The Labute approximate surface area is 390 Å². The molecule has 3 aromatic rings. The fourth-order valence-electron chi connectivity index (χ4n) is 10.0. The monoisotopic (exact) mass is 958 g/mol. The molecule has 0 bridgehead atoms. The van der Waals surface area contributed by atoms with Gasteiger partial charge in [0.15, 0.2) is 22.6 Å². The number of phenols is 2. The molecule has 3 amide bonds. The number of carbonyl (C=O) groups is 6. The number of ether oxygens (including phenoxy) is 5. The van der Waals surface area contributed by atoms with Crippen LogP contribution in [0.2, 0.25) is 0 Å². The zero-order valence-electron chi connectivity index (χ0n) is 36.3. The number of aliphatic carboxylic acids is 1. The van der Waals surface area contributed by atoms with E-state index in [4.69, 9.17) is 40.6 Å². The van der Waals surface area contributed by atoms with Crippen LogP contribution in [0.15, 0.2) is 59.5 Å². The minimum Gasteiger partial charge on any atom is -0.507 e. The number of ketones is 2. The molecule has 23 heteroatoms. The highest BCUT2D eigenvalue weighted by Gasteiger charge is 2.73. The number of nitrogens with zero attached hydrogens (tertiary/aromatic N) is 2. The van der Waals surface area contributed by atoms with Crippen LogP contribution >= 0.6 is 11.8 Å². The second-order valence-electron chi connectivity index (χ2n) is 17.3. The molecule has 22 nitrogen and oxygen atoms in total. The predicted octanol–water partition coefficient (Wildman–Crippen LogP) is -0.133. The summed E-state index contributed by atoms with van der Waals surface area (Å²) in [6, 6.07) is 10.3. The molecule has 0 radical (unpaired) electrons. The number of Topliss-reactive ketones (excluding diaryl/α,β-unsaturated/α-hetero) is 1. The van der Waals surface area contributed by atoms with Crippen LogP contribution in [-0.2, 0) is 51.0 Å². The molecule has 11 N–H and O–H groups in total. The van der Waals surface area contributed by atoms with Crippen LogP contribution in [0, 0.1) is 5.41 Å². The van der Waals surface area contributed by atoms with Gasteiger partial charge in [0.2, 0.25) is 11.6 Å². The van der Waals surface area contributed by atoms with Crippen LogP contribution in [0.5, 0.6) is 17.2 Å². The summed E-state index contributed by atoms with van der Waals surface area (Å²) in [5, 5.41) is 68.9. The van der Waals surface area contributed by atoms with Crippen molar-refractivity contribution < 1.29 is 78.0 Å². The number of nitrogens with one attached hydrogen (secondary N) is 2. The van der Waals surface area contributed by atoms with Crippen molar-refractivity contribution in [3.05, 3.63) is 98.5 Å². The van der Waals surface area contributed by atoms with E-state index >= 15 is 0 Å². The molecular weight excluding hydrogens is 913 g/mol. The minimum atomic E-state index is -2.41. The van der Waals surface area contributed by atoms with Crippen LogP contribution in [-0.4, -0.2) is 157 Å². The first kappa shape index (κ1) is 46.7. The molecule has 6 aliphatic rings. The first-order chi connectivity index (χ1) is 32.3. The smallest absolute Gasteiger partial charge is 0.412 e. The van der Waals surface area contributed by atoms with Gasteiger partial charge in [0.1, 0.15) is 55.0 Å². The average molecular weight is 959 g/mol. The molecule has 3 aromatic carbocycles. The number of aliphatic hydroxyl groups excluding tert-OH is 1. The summed E-state index contributed by atoms with van der Waals surface area (Å²) in [7, 11) is 1.34. The van der Waals surface area contributed by atoms with Crippen molar-refractivity contribution in [2.24, 2.45) is 11.5 Å². The fourth-order valence-corrected chi connectivity index (χ4v) is 11.2. The molecular formula is C45H46N6O16S. The van der Waals surface area contributed by atoms with Gasteiger partial charge in [-0.3, -0.25) is 45.9 Å². The lowest BCUT2D eigenvalue weighted by Crippen LogP contribution is -2.95. The van der Waals surface area contributed by atoms with Crippen molar-refractivity contribution in [2.45, 2.75) is 78.9 Å². The van der Waals surface area contributed by atoms with Gasteiger partial charge in [0.25, 0.3) is 5.91 Å². The van der Waals surface area contributed by atoms with Crippen molar-refractivity contribution >= 4 is 52.9 Å². The van der Waals surface area contributed by atoms with Crippen molar-refractivity contribution in [1.82, 2.24) is 15.1 Å². The van der Waals surface area contributed by atoms with E-state index in [1.165, 1.54) is 30.7 Å². The second-order valence-corrected chi connectivity index (χ2v) is 18.4. The molecule has 7 unspecified atom stereocenters. The van der Waals surface area contributed by atoms with Crippen molar-refractivity contribution in [1.29, 1.82) is 5.41 Å². The van der Waals surface area contributed by atoms with Crippen molar-refractivity contribution in [3.8, 4) is 17.2 Å². The van der Waals surface area contributed by atoms with E-state index in [9.17, 15) is 54.3 Å². The van der Waals surface area contributed by atoms with E-state index in [1.807, 2.05) is 0 Å². The van der Waals surface area contributed by atoms with Crippen LogP contribution in [0.4, 0.5) is 4.79 Å². The molecule has 358 valence electrons. The van der Waals surface area contributed by atoms with Gasteiger partial charge in [-0.25, -0.2) is 9.59 Å². The largest absolute Gasteiger partial charge is 0.507 e.